The van der Waals surface area contributed by atoms with Gasteiger partial charge in [0.15, 0.2) is 0 Å². The number of hydrogen-bond acceptors (Lipinski definition) is 3. The highest BCUT2D eigenvalue weighted by Gasteiger charge is 2.10. The molecule has 120 valence electrons. The van der Waals surface area contributed by atoms with Crippen LogP contribution in [-0.2, 0) is 29.6 Å². The smallest absolute Gasteiger partial charge is 0.0646 e. The summed E-state index contributed by atoms with van der Waals surface area (Å²) in [6.07, 6.45) is 1.68. The van der Waals surface area contributed by atoms with Crippen LogP contribution in [-0.4, -0.2) is 20.2 Å². The van der Waals surface area contributed by atoms with Gasteiger partial charge in [0.25, 0.3) is 0 Å². The van der Waals surface area contributed by atoms with Gasteiger partial charge in [-0.25, -0.2) is 0 Å². The van der Waals surface area contributed by atoms with E-state index in [2.05, 4.69) is 24.3 Å². The van der Waals surface area contributed by atoms with Crippen LogP contribution in [0.15, 0.2) is 18.2 Å². The second kappa shape index (κ2) is 7.29. The summed E-state index contributed by atoms with van der Waals surface area (Å²) in [6, 6.07) is 5.76. The molecular formula is C16H22ClN3OS. The molecule has 0 spiro atoms. The minimum atomic E-state index is -0.906. The minimum Gasteiger partial charge on any atom is -0.381 e. The SMILES string of the molecule is CCn1nc(C)c(CNc2ccc(Cl)c(C[S@](C)=O)c2)c1C. The van der Waals surface area contributed by atoms with Gasteiger partial charge in [0.2, 0.25) is 0 Å². The second-order valence-corrected chi connectivity index (χ2v) is 7.18. The molecule has 0 amide bonds. The van der Waals surface area contributed by atoms with Crippen molar-refractivity contribution in [3.63, 3.8) is 0 Å². The highest BCUT2D eigenvalue weighted by atomic mass is 35.5. The predicted molar refractivity (Wildman–Crippen MR) is 93.9 cm³/mol. The summed E-state index contributed by atoms with van der Waals surface area (Å²) in [5.41, 5.74) is 5.35. The first-order chi connectivity index (χ1) is 10.4. The van der Waals surface area contributed by atoms with Gasteiger partial charge < -0.3 is 5.32 Å². The molecule has 6 heteroatoms. The quantitative estimate of drug-likeness (QED) is 0.873. The number of benzene rings is 1. The molecule has 1 heterocycles. The zero-order chi connectivity index (χ0) is 16.3. The van der Waals surface area contributed by atoms with Crippen molar-refractivity contribution in [2.45, 2.75) is 39.6 Å². The van der Waals surface area contributed by atoms with Crippen LogP contribution in [0.25, 0.3) is 0 Å². The van der Waals surface area contributed by atoms with Gasteiger partial charge in [-0.15, -0.1) is 0 Å². The molecule has 0 saturated heterocycles. The van der Waals surface area contributed by atoms with Gasteiger partial charge in [-0.2, -0.15) is 5.10 Å². The van der Waals surface area contributed by atoms with Crippen molar-refractivity contribution in [1.82, 2.24) is 9.78 Å². The summed E-state index contributed by atoms with van der Waals surface area (Å²) < 4.78 is 13.4. The molecule has 2 aromatic rings. The number of aromatic nitrogens is 2. The van der Waals surface area contributed by atoms with E-state index in [-0.39, 0.29) is 0 Å². The lowest BCUT2D eigenvalue weighted by Crippen LogP contribution is -2.04. The monoisotopic (exact) mass is 339 g/mol. The molecule has 0 aliphatic carbocycles. The van der Waals surface area contributed by atoms with E-state index >= 15 is 0 Å². The Balaban J connectivity index is 2.15. The number of rotatable bonds is 6. The van der Waals surface area contributed by atoms with Crippen LogP contribution >= 0.6 is 11.6 Å². The first-order valence-corrected chi connectivity index (χ1v) is 9.38. The fraction of sp³-hybridized carbons (Fsp3) is 0.438. The van der Waals surface area contributed by atoms with E-state index in [4.69, 9.17) is 11.6 Å². The largest absolute Gasteiger partial charge is 0.381 e. The molecule has 1 atom stereocenters. The highest BCUT2D eigenvalue weighted by molar-refractivity contribution is 7.83. The minimum absolute atomic E-state index is 0.472. The third-order valence-electron chi connectivity index (χ3n) is 3.70. The fourth-order valence-corrected chi connectivity index (χ4v) is 3.44. The Hall–Kier alpha value is -1.33. The van der Waals surface area contributed by atoms with Crippen molar-refractivity contribution >= 4 is 28.1 Å². The van der Waals surface area contributed by atoms with Gasteiger partial charge in [-0.05, 0) is 44.5 Å². The molecular weight excluding hydrogens is 318 g/mol. The Morgan fingerprint density at radius 2 is 2.09 bits per heavy atom. The Morgan fingerprint density at radius 1 is 1.36 bits per heavy atom. The van der Waals surface area contributed by atoms with Crippen molar-refractivity contribution < 1.29 is 4.21 Å². The number of anilines is 1. The van der Waals surface area contributed by atoms with Crippen LogP contribution < -0.4 is 5.32 Å². The van der Waals surface area contributed by atoms with E-state index < -0.39 is 10.8 Å². The van der Waals surface area contributed by atoms with E-state index in [1.807, 2.05) is 29.8 Å². The molecule has 0 fully saturated rings. The second-order valence-electron chi connectivity index (χ2n) is 5.34. The van der Waals surface area contributed by atoms with E-state index in [9.17, 15) is 4.21 Å². The maximum Gasteiger partial charge on any atom is 0.0646 e. The summed E-state index contributed by atoms with van der Waals surface area (Å²) in [5, 5.41) is 8.60. The van der Waals surface area contributed by atoms with E-state index in [1.54, 1.807) is 6.26 Å². The van der Waals surface area contributed by atoms with E-state index in [0.717, 1.165) is 23.5 Å². The van der Waals surface area contributed by atoms with Gasteiger partial charge in [0.1, 0.15) is 0 Å². The Kier molecular flexibility index (Phi) is 5.64. The molecule has 1 aromatic heterocycles. The average Bonchev–Trinajstić information content (AvgIpc) is 2.74. The molecule has 0 radical (unpaired) electrons. The fourth-order valence-electron chi connectivity index (χ4n) is 2.50. The van der Waals surface area contributed by atoms with Crippen molar-refractivity contribution in [1.29, 1.82) is 0 Å². The Bertz CT molecular complexity index is 697. The van der Waals surface area contributed by atoms with E-state index in [1.165, 1.54) is 11.3 Å². The lowest BCUT2D eigenvalue weighted by molar-refractivity contribution is 0.633. The average molecular weight is 340 g/mol. The van der Waals surface area contributed by atoms with Gasteiger partial charge in [-0.3, -0.25) is 8.89 Å². The summed E-state index contributed by atoms with van der Waals surface area (Å²) >= 11 is 6.15. The van der Waals surface area contributed by atoms with Crippen LogP contribution in [0.2, 0.25) is 5.02 Å². The standard InChI is InChI=1S/C16H22ClN3OS/c1-5-20-12(3)15(11(2)19-20)9-18-14-6-7-16(17)13(8-14)10-22(4)21/h6-8,18H,5,9-10H2,1-4H3/t22-/m0/s1. The first kappa shape index (κ1) is 17.0. The van der Waals surface area contributed by atoms with Crippen LogP contribution in [0.5, 0.6) is 0 Å². The lowest BCUT2D eigenvalue weighted by atomic mass is 10.1. The third-order valence-corrected chi connectivity index (χ3v) is 4.79. The molecule has 22 heavy (non-hydrogen) atoms. The number of hydrogen-bond donors (Lipinski definition) is 1. The summed E-state index contributed by atoms with van der Waals surface area (Å²) in [4.78, 5) is 0. The molecule has 0 aliphatic rings. The normalized spacial score (nSPS) is 12.4. The maximum absolute atomic E-state index is 11.4. The number of nitrogens with zero attached hydrogens (tertiary/aromatic N) is 2. The van der Waals surface area contributed by atoms with Crippen LogP contribution in [0, 0.1) is 13.8 Å². The molecule has 0 bridgehead atoms. The van der Waals surface area contributed by atoms with Gasteiger partial charge >= 0.3 is 0 Å². The summed E-state index contributed by atoms with van der Waals surface area (Å²) in [5.74, 6) is 0.472. The first-order valence-electron chi connectivity index (χ1n) is 7.27. The van der Waals surface area contributed by atoms with Crippen LogP contribution in [0.1, 0.15) is 29.4 Å². The molecule has 2 rings (SSSR count). The molecule has 0 aliphatic heterocycles. The molecule has 0 saturated carbocycles. The van der Waals surface area contributed by atoms with Crippen molar-refractivity contribution in [2.24, 2.45) is 0 Å². The molecule has 1 N–H and O–H groups in total. The van der Waals surface area contributed by atoms with Crippen molar-refractivity contribution in [2.75, 3.05) is 11.6 Å². The van der Waals surface area contributed by atoms with Crippen LogP contribution in [0.3, 0.4) is 0 Å². The zero-order valence-electron chi connectivity index (χ0n) is 13.4. The predicted octanol–water partition coefficient (Wildman–Crippen LogP) is 3.66. The lowest BCUT2D eigenvalue weighted by Gasteiger charge is -2.10. The summed E-state index contributed by atoms with van der Waals surface area (Å²) in [6.45, 7) is 7.80. The maximum atomic E-state index is 11.4. The number of nitrogens with one attached hydrogen (secondary N) is 1. The van der Waals surface area contributed by atoms with Crippen molar-refractivity contribution in [3.05, 3.63) is 45.7 Å². The highest BCUT2D eigenvalue weighted by Crippen LogP contribution is 2.23. The number of aryl methyl sites for hydroxylation is 2. The molecule has 1 aromatic carbocycles. The zero-order valence-corrected chi connectivity index (χ0v) is 15.0. The molecule has 4 nitrogen and oxygen atoms in total. The van der Waals surface area contributed by atoms with Gasteiger partial charge in [-0.1, -0.05) is 11.6 Å². The topological polar surface area (TPSA) is 46.9 Å². The van der Waals surface area contributed by atoms with Crippen LogP contribution in [0.4, 0.5) is 5.69 Å². The van der Waals surface area contributed by atoms with E-state index in [0.29, 0.717) is 17.3 Å². The van der Waals surface area contributed by atoms with Gasteiger partial charge in [0.05, 0.1) is 5.69 Å². The summed E-state index contributed by atoms with van der Waals surface area (Å²) in [7, 11) is -0.906. The third kappa shape index (κ3) is 3.90. The Labute approximate surface area is 139 Å². The van der Waals surface area contributed by atoms with Gasteiger partial charge in [0, 0.05) is 57.9 Å². The molecule has 0 unspecified atom stereocenters. The van der Waals surface area contributed by atoms with Crippen molar-refractivity contribution in [3.8, 4) is 0 Å². The number of halogens is 1. The Morgan fingerprint density at radius 3 is 2.68 bits per heavy atom.